The molecule has 3 rings (SSSR count). The monoisotopic (exact) mass is 351 g/mol. The van der Waals surface area contributed by atoms with Gasteiger partial charge in [-0.15, -0.1) is 0 Å². The van der Waals surface area contributed by atoms with Crippen LogP contribution in [0.5, 0.6) is 0 Å². The Hall–Kier alpha value is -2.49. The minimum Gasteiger partial charge on any atom is -0.298 e. The summed E-state index contributed by atoms with van der Waals surface area (Å²) >= 11 is 0. The van der Waals surface area contributed by atoms with Crippen molar-refractivity contribution in [1.29, 1.82) is 0 Å². The first kappa shape index (κ1) is 17.3. The summed E-state index contributed by atoms with van der Waals surface area (Å²) in [6, 6.07) is 1.68. The van der Waals surface area contributed by atoms with Gasteiger partial charge in [-0.2, -0.15) is 14.8 Å². The highest BCUT2D eigenvalue weighted by atomic mass is 19.3. The molecule has 0 spiro atoms. The summed E-state index contributed by atoms with van der Waals surface area (Å²) in [5.41, 5.74) is 0. The van der Waals surface area contributed by atoms with E-state index in [1.807, 2.05) is 0 Å². The van der Waals surface area contributed by atoms with Crippen molar-refractivity contribution in [2.75, 3.05) is 25.0 Å². The normalized spacial score (nSPS) is 16.3. The van der Waals surface area contributed by atoms with Crippen LogP contribution >= 0.6 is 0 Å². The van der Waals surface area contributed by atoms with Crippen molar-refractivity contribution in [3.63, 3.8) is 0 Å². The second-order valence-electron chi connectivity index (χ2n) is 5.93. The van der Waals surface area contributed by atoms with Crippen LogP contribution in [0.15, 0.2) is 24.8 Å². The average molecular weight is 351 g/mol. The molecule has 1 N–H and O–H groups in total. The minimum absolute atomic E-state index is 0.179. The number of hydrogen-bond donors (Lipinski definition) is 1. The first-order valence-corrected chi connectivity index (χ1v) is 8.09. The highest BCUT2D eigenvalue weighted by Crippen LogP contribution is 2.21. The fraction of sp³-hybridized carbons (Fsp3) is 0.533. The van der Waals surface area contributed by atoms with Crippen molar-refractivity contribution in [2.24, 2.45) is 5.92 Å². The fourth-order valence-electron chi connectivity index (χ4n) is 2.88. The zero-order chi connectivity index (χ0) is 17.6. The van der Waals surface area contributed by atoms with Crippen LogP contribution in [0.1, 0.15) is 19.3 Å². The third-order valence-electron chi connectivity index (χ3n) is 4.12. The molecule has 134 valence electrons. The van der Waals surface area contributed by atoms with E-state index in [2.05, 4.69) is 25.4 Å². The third kappa shape index (κ3) is 4.75. The van der Waals surface area contributed by atoms with Crippen LogP contribution in [0.2, 0.25) is 0 Å². The van der Waals surface area contributed by atoms with Crippen molar-refractivity contribution in [2.45, 2.75) is 25.7 Å². The highest BCUT2D eigenvalue weighted by Gasteiger charge is 2.24. The van der Waals surface area contributed by atoms with E-state index in [1.54, 1.807) is 23.4 Å². The average Bonchev–Trinajstić information content (AvgIpc) is 3.05. The first-order valence-electron chi connectivity index (χ1n) is 8.09. The Bertz CT molecular complexity index is 686. The second-order valence-corrected chi connectivity index (χ2v) is 5.93. The number of alkyl halides is 2. The van der Waals surface area contributed by atoms with Gasteiger partial charge in [0.15, 0.2) is 0 Å². The molecular weight excluding hydrogens is 332 g/mol. The molecule has 1 saturated heterocycles. The Kier molecular flexibility index (Phi) is 5.59. The van der Waals surface area contributed by atoms with E-state index in [9.17, 15) is 13.6 Å². The first-order chi connectivity index (χ1) is 12.1. The summed E-state index contributed by atoms with van der Waals surface area (Å²) in [5.74, 6) is 0.567. The quantitative estimate of drug-likeness (QED) is 0.845. The Balaban J connectivity index is 1.52. The SMILES string of the molecule is O=C(CC1CCN(CC(F)F)CC1)Nc1ncnn1-c1ncccn1. The Morgan fingerprint density at radius 1 is 1.24 bits per heavy atom. The lowest BCUT2D eigenvalue weighted by molar-refractivity contribution is -0.117. The van der Waals surface area contributed by atoms with Gasteiger partial charge in [-0.3, -0.25) is 15.0 Å². The largest absolute Gasteiger partial charge is 0.298 e. The Morgan fingerprint density at radius 2 is 1.96 bits per heavy atom. The lowest BCUT2D eigenvalue weighted by Gasteiger charge is -2.31. The third-order valence-corrected chi connectivity index (χ3v) is 4.12. The minimum atomic E-state index is -2.31. The number of rotatable bonds is 6. The van der Waals surface area contributed by atoms with Gasteiger partial charge in [0.1, 0.15) is 6.33 Å². The van der Waals surface area contributed by atoms with E-state index >= 15 is 0 Å². The van der Waals surface area contributed by atoms with Crippen LogP contribution in [-0.4, -0.2) is 61.6 Å². The maximum Gasteiger partial charge on any atom is 0.253 e. The molecule has 0 unspecified atom stereocenters. The molecule has 2 aromatic heterocycles. The number of carbonyl (C=O) groups excluding carboxylic acids is 1. The number of aromatic nitrogens is 5. The van der Waals surface area contributed by atoms with Gasteiger partial charge in [0.2, 0.25) is 11.9 Å². The zero-order valence-electron chi connectivity index (χ0n) is 13.6. The number of piperidine rings is 1. The number of nitrogens with zero attached hydrogens (tertiary/aromatic N) is 6. The molecular formula is C15H19F2N7O. The van der Waals surface area contributed by atoms with E-state index < -0.39 is 6.43 Å². The van der Waals surface area contributed by atoms with Crippen molar-refractivity contribution in [1.82, 2.24) is 29.6 Å². The van der Waals surface area contributed by atoms with Crippen LogP contribution in [0.25, 0.3) is 5.95 Å². The maximum absolute atomic E-state index is 12.4. The lowest BCUT2D eigenvalue weighted by Crippen LogP contribution is -2.37. The van der Waals surface area contributed by atoms with E-state index in [0.717, 1.165) is 12.8 Å². The molecule has 0 aliphatic carbocycles. The van der Waals surface area contributed by atoms with Gasteiger partial charge in [-0.1, -0.05) is 0 Å². The number of halogens is 2. The number of hydrogen-bond acceptors (Lipinski definition) is 6. The van der Waals surface area contributed by atoms with Crippen LogP contribution in [-0.2, 0) is 4.79 Å². The summed E-state index contributed by atoms with van der Waals surface area (Å²) in [5, 5.41) is 6.73. The molecule has 0 radical (unpaired) electrons. The smallest absolute Gasteiger partial charge is 0.253 e. The highest BCUT2D eigenvalue weighted by molar-refractivity contribution is 5.89. The molecule has 1 aliphatic rings. The van der Waals surface area contributed by atoms with Crippen molar-refractivity contribution < 1.29 is 13.6 Å². The van der Waals surface area contributed by atoms with E-state index in [4.69, 9.17) is 0 Å². The van der Waals surface area contributed by atoms with Crippen LogP contribution in [0, 0.1) is 5.92 Å². The summed E-state index contributed by atoms with van der Waals surface area (Å²) in [7, 11) is 0. The van der Waals surface area contributed by atoms with Crippen molar-refractivity contribution in [3.05, 3.63) is 24.8 Å². The molecule has 10 heteroatoms. The van der Waals surface area contributed by atoms with Gasteiger partial charge in [-0.25, -0.2) is 18.7 Å². The number of nitrogens with one attached hydrogen (secondary N) is 1. The summed E-state index contributed by atoms with van der Waals surface area (Å²) < 4.78 is 26.1. The lowest BCUT2D eigenvalue weighted by atomic mass is 9.93. The topological polar surface area (TPSA) is 88.8 Å². The predicted molar refractivity (Wildman–Crippen MR) is 85.4 cm³/mol. The fourth-order valence-corrected chi connectivity index (χ4v) is 2.88. The van der Waals surface area contributed by atoms with Crippen molar-refractivity contribution in [3.8, 4) is 5.95 Å². The van der Waals surface area contributed by atoms with E-state index in [-0.39, 0.29) is 24.3 Å². The molecule has 2 aromatic rings. The Labute approximate surface area is 143 Å². The van der Waals surface area contributed by atoms with Gasteiger partial charge in [0.05, 0.1) is 6.54 Å². The molecule has 1 fully saturated rings. The Morgan fingerprint density at radius 3 is 2.64 bits per heavy atom. The molecule has 8 nitrogen and oxygen atoms in total. The maximum atomic E-state index is 12.4. The van der Waals surface area contributed by atoms with Gasteiger partial charge in [-0.05, 0) is 37.9 Å². The predicted octanol–water partition coefficient (Wildman–Crippen LogP) is 1.36. The van der Waals surface area contributed by atoms with Crippen molar-refractivity contribution >= 4 is 11.9 Å². The number of carbonyl (C=O) groups is 1. The van der Waals surface area contributed by atoms with Crippen LogP contribution in [0.4, 0.5) is 14.7 Å². The van der Waals surface area contributed by atoms with Gasteiger partial charge < -0.3 is 0 Å². The van der Waals surface area contributed by atoms with Crippen LogP contribution in [0.3, 0.4) is 0 Å². The van der Waals surface area contributed by atoms with E-state index in [1.165, 1.54) is 11.0 Å². The number of anilines is 1. The van der Waals surface area contributed by atoms with Crippen LogP contribution < -0.4 is 5.32 Å². The summed E-state index contributed by atoms with van der Waals surface area (Å²) in [4.78, 5) is 26.1. The molecule has 0 aromatic carbocycles. The molecule has 25 heavy (non-hydrogen) atoms. The van der Waals surface area contributed by atoms with Gasteiger partial charge in [0.25, 0.3) is 12.4 Å². The molecule has 1 amide bonds. The summed E-state index contributed by atoms with van der Waals surface area (Å²) in [6.07, 6.45) is 3.93. The molecule has 1 aliphatic heterocycles. The molecule has 0 bridgehead atoms. The second kappa shape index (κ2) is 8.06. The van der Waals surface area contributed by atoms with E-state index in [0.29, 0.717) is 25.5 Å². The number of likely N-dealkylation sites (tertiary alicyclic amines) is 1. The van der Waals surface area contributed by atoms with Gasteiger partial charge >= 0.3 is 0 Å². The molecule has 0 atom stereocenters. The standard InChI is InChI=1S/C15H19F2N7O/c16-12(17)9-23-6-2-11(3-7-23)8-13(25)22-15-20-10-21-24(15)14-18-4-1-5-19-14/h1,4-5,10-12H,2-3,6-9H2,(H,20,21,22,25). The number of amides is 1. The molecule has 3 heterocycles. The summed E-state index contributed by atoms with van der Waals surface area (Å²) in [6.45, 7) is 0.992. The zero-order valence-corrected chi connectivity index (χ0v) is 13.6. The molecule has 0 saturated carbocycles. The van der Waals surface area contributed by atoms with Gasteiger partial charge in [0, 0.05) is 18.8 Å².